The molecule has 8 heteroatoms. The fraction of sp³-hybridized carbons (Fsp3) is 0.133. The lowest BCUT2D eigenvalue weighted by atomic mass is 10.0. The summed E-state index contributed by atoms with van der Waals surface area (Å²) in [6.45, 7) is 5.30. The Labute approximate surface area is 137 Å². The van der Waals surface area contributed by atoms with Gasteiger partial charge in [0.1, 0.15) is 5.57 Å². The number of rotatable bonds is 4. The Hall–Kier alpha value is -2.87. The normalized spacial score (nSPS) is 16.5. The third-order valence-corrected chi connectivity index (χ3v) is 3.55. The van der Waals surface area contributed by atoms with E-state index in [1.165, 1.54) is 35.3 Å². The van der Waals surface area contributed by atoms with Crippen LogP contribution in [0.2, 0.25) is 0 Å². The molecule has 0 aromatic heterocycles. The van der Waals surface area contributed by atoms with Crippen LogP contribution in [0, 0.1) is 17.0 Å². The van der Waals surface area contributed by atoms with Crippen molar-refractivity contribution in [2.24, 2.45) is 0 Å². The summed E-state index contributed by atoms with van der Waals surface area (Å²) in [4.78, 5) is 35.9. The Morgan fingerprint density at radius 2 is 2.13 bits per heavy atom. The van der Waals surface area contributed by atoms with Crippen molar-refractivity contribution in [3.63, 3.8) is 0 Å². The fourth-order valence-corrected chi connectivity index (χ4v) is 2.38. The molecule has 1 aromatic rings. The summed E-state index contributed by atoms with van der Waals surface area (Å²) < 4.78 is 0. The molecule has 0 atom stereocenters. The van der Waals surface area contributed by atoms with Crippen molar-refractivity contribution in [3.05, 3.63) is 57.7 Å². The van der Waals surface area contributed by atoms with Gasteiger partial charge in [-0.05, 0) is 42.9 Å². The van der Waals surface area contributed by atoms with Crippen LogP contribution in [0.3, 0.4) is 0 Å². The molecular formula is C15H13N3O4S. The zero-order valence-electron chi connectivity index (χ0n) is 12.2. The van der Waals surface area contributed by atoms with Gasteiger partial charge in [0, 0.05) is 18.2 Å². The number of carbonyl (C=O) groups excluding carboxylic acids is 2. The minimum Gasteiger partial charge on any atom is -0.298 e. The molecule has 1 fully saturated rings. The maximum absolute atomic E-state index is 12.4. The average Bonchev–Trinajstić information content (AvgIpc) is 2.47. The molecule has 1 aromatic carbocycles. The van der Waals surface area contributed by atoms with Crippen LogP contribution in [-0.2, 0) is 9.59 Å². The van der Waals surface area contributed by atoms with Crippen LogP contribution in [-0.4, -0.2) is 33.3 Å². The number of nitrogens with zero attached hydrogens (tertiary/aromatic N) is 2. The lowest BCUT2D eigenvalue weighted by Crippen LogP contribution is -2.53. The number of hydrogen-bond donors (Lipinski definition) is 1. The van der Waals surface area contributed by atoms with Crippen molar-refractivity contribution in [2.45, 2.75) is 6.92 Å². The van der Waals surface area contributed by atoms with Crippen molar-refractivity contribution in [1.82, 2.24) is 10.2 Å². The summed E-state index contributed by atoms with van der Waals surface area (Å²) in [5.41, 5.74) is 0.833. The number of aryl methyl sites for hydroxylation is 1. The highest BCUT2D eigenvalue weighted by Gasteiger charge is 2.32. The second-order valence-electron chi connectivity index (χ2n) is 4.82. The van der Waals surface area contributed by atoms with E-state index in [0.717, 1.165) is 0 Å². The van der Waals surface area contributed by atoms with Gasteiger partial charge in [-0.15, -0.1) is 6.58 Å². The van der Waals surface area contributed by atoms with Crippen LogP contribution >= 0.6 is 12.2 Å². The summed E-state index contributed by atoms with van der Waals surface area (Å²) >= 11 is 4.95. The number of nitro groups is 1. The van der Waals surface area contributed by atoms with E-state index in [2.05, 4.69) is 11.9 Å². The zero-order chi connectivity index (χ0) is 17.1. The molecule has 23 heavy (non-hydrogen) atoms. The SMILES string of the molecule is C=CCN1C(=O)/C(=C\c2ccc([N+](=O)[O-])c(C)c2)C(=O)NC1=S. The highest BCUT2D eigenvalue weighted by atomic mass is 32.1. The number of hydrogen-bond acceptors (Lipinski definition) is 5. The molecule has 0 saturated carbocycles. The Balaban J connectivity index is 2.40. The van der Waals surface area contributed by atoms with Crippen LogP contribution in [0.4, 0.5) is 5.69 Å². The van der Waals surface area contributed by atoms with Crippen molar-refractivity contribution in [1.29, 1.82) is 0 Å². The number of benzene rings is 1. The molecule has 2 rings (SSSR count). The highest BCUT2D eigenvalue weighted by molar-refractivity contribution is 7.80. The van der Waals surface area contributed by atoms with Gasteiger partial charge in [0.05, 0.1) is 4.92 Å². The fourth-order valence-electron chi connectivity index (χ4n) is 2.13. The first-order valence-electron chi connectivity index (χ1n) is 6.60. The van der Waals surface area contributed by atoms with Crippen molar-refractivity contribution in [3.8, 4) is 0 Å². The smallest absolute Gasteiger partial charge is 0.272 e. The minimum atomic E-state index is -0.601. The van der Waals surface area contributed by atoms with Crippen molar-refractivity contribution >= 4 is 40.9 Å². The molecule has 1 aliphatic rings. The molecule has 0 unspecified atom stereocenters. The van der Waals surface area contributed by atoms with E-state index in [9.17, 15) is 19.7 Å². The summed E-state index contributed by atoms with van der Waals surface area (Å²) in [5.74, 6) is -1.13. The summed E-state index contributed by atoms with van der Waals surface area (Å²) in [6, 6.07) is 4.35. The monoisotopic (exact) mass is 331 g/mol. The van der Waals surface area contributed by atoms with Crippen molar-refractivity contribution < 1.29 is 14.5 Å². The third-order valence-electron chi connectivity index (χ3n) is 3.23. The first-order valence-corrected chi connectivity index (χ1v) is 7.00. The van der Waals surface area contributed by atoms with Gasteiger partial charge in [0.25, 0.3) is 17.5 Å². The van der Waals surface area contributed by atoms with E-state index < -0.39 is 16.7 Å². The van der Waals surface area contributed by atoms with Gasteiger partial charge in [-0.3, -0.25) is 29.9 Å². The Bertz CT molecular complexity index is 770. The van der Waals surface area contributed by atoms with E-state index in [4.69, 9.17) is 12.2 Å². The summed E-state index contributed by atoms with van der Waals surface area (Å²) in [6.07, 6.45) is 2.88. The molecule has 7 nitrogen and oxygen atoms in total. The zero-order valence-corrected chi connectivity index (χ0v) is 13.1. The van der Waals surface area contributed by atoms with Gasteiger partial charge in [0.15, 0.2) is 5.11 Å². The van der Waals surface area contributed by atoms with Crippen LogP contribution < -0.4 is 5.32 Å². The summed E-state index contributed by atoms with van der Waals surface area (Å²) in [5, 5.41) is 13.3. The van der Waals surface area contributed by atoms with E-state index in [1.54, 1.807) is 6.92 Å². The maximum atomic E-state index is 12.4. The molecule has 2 amide bonds. The van der Waals surface area contributed by atoms with E-state index in [1.807, 2.05) is 0 Å². The summed E-state index contributed by atoms with van der Waals surface area (Å²) in [7, 11) is 0. The van der Waals surface area contributed by atoms with Gasteiger partial charge in [0.2, 0.25) is 0 Å². The molecule has 118 valence electrons. The van der Waals surface area contributed by atoms with Gasteiger partial charge in [-0.25, -0.2) is 0 Å². The number of carbonyl (C=O) groups is 2. The van der Waals surface area contributed by atoms with Gasteiger partial charge >= 0.3 is 0 Å². The highest BCUT2D eigenvalue weighted by Crippen LogP contribution is 2.21. The van der Waals surface area contributed by atoms with Crippen LogP contribution in [0.25, 0.3) is 6.08 Å². The molecule has 0 spiro atoms. The average molecular weight is 331 g/mol. The third kappa shape index (κ3) is 3.32. The molecule has 0 aliphatic carbocycles. The molecular weight excluding hydrogens is 318 g/mol. The second-order valence-corrected chi connectivity index (χ2v) is 5.21. The molecule has 0 bridgehead atoms. The molecule has 1 heterocycles. The van der Waals surface area contributed by atoms with E-state index in [0.29, 0.717) is 11.1 Å². The lowest BCUT2D eigenvalue weighted by Gasteiger charge is -2.27. The Morgan fingerprint density at radius 1 is 1.43 bits per heavy atom. The predicted octanol–water partition coefficient (Wildman–Crippen LogP) is 1.72. The lowest BCUT2D eigenvalue weighted by molar-refractivity contribution is -0.385. The van der Waals surface area contributed by atoms with Gasteiger partial charge < -0.3 is 0 Å². The van der Waals surface area contributed by atoms with Crippen LogP contribution in [0.1, 0.15) is 11.1 Å². The Kier molecular flexibility index (Phi) is 4.65. The standard InChI is InChI=1S/C15H13N3O4S/c1-3-6-17-14(20)11(13(19)16-15(17)23)8-10-4-5-12(18(21)22)9(2)7-10/h3-5,7-8H,1,6H2,2H3,(H,16,19,23)/b11-8-. The second kappa shape index (κ2) is 6.49. The largest absolute Gasteiger partial charge is 0.298 e. The van der Waals surface area contributed by atoms with E-state index in [-0.39, 0.29) is 22.9 Å². The molecule has 1 aliphatic heterocycles. The number of thiocarbonyl (C=S) groups is 1. The first-order chi connectivity index (χ1) is 10.8. The van der Waals surface area contributed by atoms with Crippen LogP contribution in [0.5, 0.6) is 0 Å². The minimum absolute atomic E-state index is 0.0249. The maximum Gasteiger partial charge on any atom is 0.272 e. The quantitative estimate of drug-likeness (QED) is 0.226. The van der Waals surface area contributed by atoms with Gasteiger partial charge in [-0.2, -0.15) is 0 Å². The first kappa shape index (κ1) is 16.5. The number of nitro benzene ring substituents is 1. The van der Waals surface area contributed by atoms with Crippen molar-refractivity contribution in [2.75, 3.05) is 6.54 Å². The predicted molar refractivity (Wildman–Crippen MR) is 88.5 cm³/mol. The molecule has 1 saturated heterocycles. The Morgan fingerprint density at radius 3 is 2.70 bits per heavy atom. The number of amides is 2. The van der Waals surface area contributed by atoms with E-state index >= 15 is 0 Å². The molecule has 0 radical (unpaired) electrons. The molecule has 1 N–H and O–H groups in total. The number of nitrogens with one attached hydrogen (secondary N) is 1. The van der Waals surface area contributed by atoms with Gasteiger partial charge in [-0.1, -0.05) is 6.08 Å². The topological polar surface area (TPSA) is 92.6 Å². The van der Waals surface area contributed by atoms with Crippen LogP contribution in [0.15, 0.2) is 36.4 Å².